The molecular formula is C50H31NOS. The summed E-state index contributed by atoms with van der Waals surface area (Å²) in [6.07, 6.45) is 0. The van der Waals surface area contributed by atoms with Gasteiger partial charge < -0.3 is 9.32 Å². The molecule has 2 aromatic heterocycles. The molecule has 0 radical (unpaired) electrons. The zero-order chi connectivity index (χ0) is 34.9. The maximum atomic E-state index is 6.43. The number of benzene rings is 9. The van der Waals surface area contributed by atoms with Crippen LogP contribution in [-0.2, 0) is 0 Å². The van der Waals surface area contributed by atoms with E-state index in [4.69, 9.17) is 4.42 Å². The number of thiophene rings is 1. The van der Waals surface area contributed by atoms with E-state index in [1.165, 1.54) is 52.8 Å². The quantitative estimate of drug-likeness (QED) is 0.167. The Morgan fingerprint density at radius 1 is 0.396 bits per heavy atom. The van der Waals surface area contributed by atoms with Gasteiger partial charge in [0.25, 0.3) is 0 Å². The van der Waals surface area contributed by atoms with Gasteiger partial charge in [0.15, 0.2) is 0 Å². The lowest BCUT2D eigenvalue weighted by Gasteiger charge is -2.28. The first-order valence-corrected chi connectivity index (χ1v) is 18.8. The predicted molar refractivity (Wildman–Crippen MR) is 227 cm³/mol. The molecule has 0 fully saturated rings. The molecule has 0 atom stereocenters. The topological polar surface area (TPSA) is 16.4 Å². The third kappa shape index (κ3) is 4.78. The van der Waals surface area contributed by atoms with Crippen LogP contribution in [0.4, 0.5) is 17.1 Å². The van der Waals surface area contributed by atoms with Crippen LogP contribution in [0.25, 0.3) is 85.9 Å². The van der Waals surface area contributed by atoms with Crippen LogP contribution in [0.2, 0.25) is 0 Å². The van der Waals surface area contributed by atoms with Gasteiger partial charge in [-0.1, -0.05) is 146 Å². The van der Waals surface area contributed by atoms with E-state index >= 15 is 0 Å². The van der Waals surface area contributed by atoms with Crippen molar-refractivity contribution in [3.63, 3.8) is 0 Å². The van der Waals surface area contributed by atoms with Gasteiger partial charge in [0.1, 0.15) is 11.2 Å². The van der Waals surface area contributed by atoms with Crippen LogP contribution < -0.4 is 4.90 Å². The van der Waals surface area contributed by atoms with Gasteiger partial charge in [-0.3, -0.25) is 0 Å². The number of nitrogens with zero attached hydrogens (tertiary/aromatic N) is 1. The van der Waals surface area contributed by atoms with Gasteiger partial charge in [-0.15, -0.1) is 11.3 Å². The van der Waals surface area contributed by atoms with Crippen molar-refractivity contribution in [1.82, 2.24) is 0 Å². The van der Waals surface area contributed by atoms with Crippen LogP contribution in [0.1, 0.15) is 0 Å². The smallest absolute Gasteiger partial charge is 0.143 e. The highest BCUT2D eigenvalue weighted by molar-refractivity contribution is 7.26. The first-order chi connectivity index (χ1) is 26.3. The first-order valence-electron chi connectivity index (χ1n) is 18.0. The van der Waals surface area contributed by atoms with E-state index in [-0.39, 0.29) is 0 Å². The molecule has 0 aliphatic carbocycles. The van der Waals surface area contributed by atoms with Crippen LogP contribution in [0.3, 0.4) is 0 Å². The highest BCUT2D eigenvalue weighted by Crippen LogP contribution is 2.45. The number of furan rings is 1. The number of hydrogen-bond acceptors (Lipinski definition) is 3. The number of hydrogen-bond donors (Lipinski definition) is 0. The number of rotatable bonds is 5. The fourth-order valence-electron chi connectivity index (χ4n) is 8.18. The van der Waals surface area contributed by atoms with E-state index in [1.807, 2.05) is 23.5 Å². The fourth-order valence-corrected chi connectivity index (χ4v) is 9.41. The minimum atomic E-state index is 0.910. The predicted octanol–water partition coefficient (Wildman–Crippen LogP) is 15.1. The van der Waals surface area contributed by atoms with Gasteiger partial charge in [-0.25, -0.2) is 0 Å². The second-order valence-corrected chi connectivity index (χ2v) is 14.7. The molecule has 53 heavy (non-hydrogen) atoms. The molecule has 248 valence electrons. The Morgan fingerprint density at radius 3 is 1.74 bits per heavy atom. The van der Waals surface area contributed by atoms with Crippen LogP contribution in [0.5, 0.6) is 0 Å². The van der Waals surface area contributed by atoms with Gasteiger partial charge in [-0.2, -0.15) is 0 Å². The highest BCUT2D eigenvalue weighted by Gasteiger charge is 2.19. The van der Waals surface area contributed by atoms with Gasteiger partial charge in [0.2, 0.25) is 0 Å². The molecule has 0 amide bonds. The van der Waals surface area contributed by atoms with E-state index in [0.717, 1.165) is 50.1 Å². The lowest BCUT2D eigenvalue weighted by molar-refractivity contribution is 0.670. The van der Waals surface area contributed by atoms with Crippen LogP contribution in [0.15, 0.2) is 192 Å². The molecule has 9 aromatic carbocycles. The van der Waals surface area contributed by atoms with Crippen molar-refractivity contribution in [2.24, 2.45) is 0 Å². The number of anilines is 3. The molecule has 3 heteroatoms. The minimum Gasteiger partial charge on any atom is -0.455 e. The lowest BCUT2D eigenvalue weighted by Crippen LogP contribution is -2.10. The lowest BCUT2D eigenvalue weighted by atomic mass is 9.98. The fraction of sp³-hybridized carbons (Fsp3) is 0. The molecule has 0 spiro atoms. The van der Waals surface area contributed by atoms with Crippen molar-refractivity contribution >= 4 is 92.1 Å². The van der Waals surface area contributed by atoms with Crippen LogP contribution in [-0.4, -0.2) is 0 Å². The average Bonchev–Trinajstić information content (AvgIpc) is 3.80. The van der Waals surface area contributed by atoms with Crippen LogP contribution >= 0.6 is 11.3 Å². The Hall–Kier alpha value is -6.68. The van der Waals surface area contributed by atoms with E-state index in [0.29, 0.717) is 0 Å². The van der Waals surface area contributed by atoms with Gasteiger partial charge in [0, 0.05) is 53.3 Å². The van der Waals surface area contributed by atoms with Crippen molar-refractivity contribution in [2.75, 3.05) is 4.90 Å². The Morgan fingerprint density at radius 2 is 0.962 bits per heavy atom. The maximum absolute atomic E-state index is 6.43. The molecule has 0 aliphatic heterocycles. The summed E-state index contributed by atoms with van der Waals surface area (Å²) in [4.78, 5) is 2.41. The number of fused-ring (bicyclic) bond motifs is 9. The molecule has 0 bridgehead atoms. The second-order valence-electron chi connectivity index (χ2n) is 13.7. The molecule has 11 rings (SSSR count). The molecule has 0 unspecified atom stereocenters. The molecule has 11 aromatic rings. The van der Waals surface area contributed by atoms with Crippen LogP contribution in [0, 0.1) is 0 Å². The average molecular weight is 694 g/mol. The van der Waals surface area contributed by atoms with Crippen molar-refractivity contribution in [3.8, 4) is 22.3 Å². The number of para-hydroxylation sites is 2. The van der Waals surface area contributed by atoms with E-state index < -0.39 is 0 Å². The molecule has 0 saturated heterocycles. The van der Waals surface area contributed by atoms with E-state index in [2.05, 4.69) is 181 Å². The Bertz CT molecular complexity index is 3010. The van der Waals surface area contributed by atoms with Crippen molar-refractivity contribution in [2.45, 2.75) is 0 Å². The summed E-state index contributed by atoms with van der Waals surface area (Å²) in [5, 5.41) is 9.84. The molecule has 2 heterocycles. The summed E-state index contributed by atoms with van der Waals surface area (Å²) < 4.78 is 9.07. The standard InChI is InChI=1S/C50H31NOS/c1-2-12-37-34(11-1)31-46(41-14-4-3-13-40(37)41)51(35-27-23-32(24-28-35)38-17-9-19-44-42-15-5-7-21-47(42)52-49(38)44)36-29-25-33(26-30-36)39-18-10-20-45-43-16-6-8-22-48(43)53-50(39)45/h1-31H. The third-order valence-corrected chi connectivity index (χ3v) is 11.9. The van der Waals surface area contributed by atoms with Gasteiger partial charge >= 0.3 is 0 Å². The molecular weight excluding hydrogens is 663 g/mol. The highest BCUT2D eigenvalue weighted by atomic mass is 32.1. The zero-order valence-corrected chi connectivity index (χ0v) is 29.5. The zero-order valence-electron chi connectivity index (χ0n) is 28.7. The third-order valence-electron chi connectivity index (χ3n) is 10.7. The molecule has 0 N–H and O–H groups in total. The van der Waals surface area contributed by atoms with Crippen molar-refractivity contribution < 1.29 is 4.42 Å². The maximum Gasteiger partial charge on any atom is 0.143 e. The minimum absolute atomic E-state index is 0.910. The normalized spacial score (nSPS) is 11.8. The Balaban J connectivity index is 1.07. The second kappa shape index (κ2) is 11.9. The monoisotopic (exact) mass is 693 g/mol. The summed E-state index contributed by atoms with van der Waals surface area (Å²) in [6.45, 7) is 0. The first kappa shape index (κ1) is 30.0. The Kier molecular flexibility index (Phi) is 6.76. The van der Waals surface area contributed by atoms with E-state index in [9.17, 15) is 0 Å². The van der Waals surface area contributed by atoms with Gasteiger partial charge in [0.05, 0.1) is 5.69 Å². The summed E-state index contributed by atoms with van der Waals surface area (Å²) in [7, 11) is 0. The molecule has 2 nitrogen and oxygen atoms in total. The largest absolute Gasteiger partial charge is 0.455 e. The van der Waals surface area contributed by atoms with Crippen molar-refractivity contribution in [3.05, 3.63) is 188 Å². The summed E-state index contributed by atoms with van der Waals surface area (Å²) in [5.74, 6) is 0. The Labute approximate surface area is 310 Å². The summed E-state index contributed by atoms with van der Waals surface area (Å²) >= 11 is 1.87. The van der Waals surface area contributed by atoms with Crippen molar-refractivity contribution in [1.29, 1.82) is 0 Å². The van der Waals surface area contributed by atoms with E-state index in [1.54, 1.807) is 0 Å². The van der Waals surface area contributed by atoms with Gasteiger partial charge in [-0.05, 0) is 75.3 Å². The summed E-state index contributed by atoms with van der Waals surface area (Å²) in [6, 6.07) is 68.0. The molecule has 0 aliphatic rings. The molecule has 0 saturated carbocycles. The summed E-state index contributed by atoms with van der Waals surface area (Å²) in [5.41, 5.74) is 9.85. The SMILES string of the molecule is c1ccc2c(c1)cc(N(c1ccc(-c3cccc4c3oc3ccccc34)cc1)c1ccc(-c3cccc4c3sc3ccccc34)cc1)c1ccccc12.